The molecule has 0 radical (unpaired) electrons. The van der Waals surface area contributed by atoms with Crippen molar-refractivity contribution in [1.82, 2.24) is 0 Å². The zero-order valence-corrected chi connectivity index (χ0v) is 30.1. The average molecular weight is 719 g/mol. The number of hydrogen-bond donors (Lipinski definition) is 0. The summed E-state index contributed by atoms with van der Waals surface area (Å²) in [5.74, 6) is 0.903. The smallest absolute Gasteiger partial charge is 0.497 e. The standard InChI is InChI=1S/C29H29O3.C13H17O4.Fe/c1-30-27-18-14-25(15-19-27)29(24-12-4-3-5-13-24,26-16-20-28(31-2)21-17-26)32-22-8-11-23-9-6-7-10-23;1-16-12(14)8-9-13(15)17-10-4-7-11-5-2-3-6-11;/h3-7,9-10,12-21H,8,11,22H2,1-2H3;2-3,5-6H,4,7-10H2,1H3;/q2*-1;+2. The molecule has 0 fully saturated rings. The maximum Gasteiger partial charge on any atom is 2.00 e. The Bertz CT molecular complexity index is 1580. The number of hydrogen-bond acceptors (Lipinski definition) is 7. The van der Waals surface area contributed by atoms with E-state index in [0.717, 1.165) is 53.9 Å². The molecule has 264 valence electrons. The maximum atomic E-state index is 11.2. The zero-order chi connectivity index (χ0) is 34.7. The molecule has 0 saturated carbocycles. The van der Waals surface area contributed by atoms with E-state index in [1.54, 1.807) is 14.2 Å². The molecule has 0 heterocycles. The van der Waals surface area contributed by atoms with Gasteiger partial charge in [0.25, 0.3) is 0 Å². The molecule has 7 nitrogen and oxygen atoms in total. The number of rotatable bonds is 17. The minimum absolute atomic E-state index is 0. The van der Waals surface area contributed by atoms with Crippen LogP contribution in [0.2, 0.25) is 0 Å². The van der Waals surface area contributed by atoms with Gasteiger partial charge >= 0.3 is 29.0 Å². The minimum Gasteiger partial charge on any atom is -0.497 e. The Kier molecular flexibility index (Phi) is 17.1. The summed E-state index contributed by atoms with van der Waals surface area (Å²) in [5.41, 5.74) is 5.05. The van der Waals surface area contributed by atoms with Crippen LogP contribution in [0.3, 0.4) is 0 Å². The van der Waals surface area contributed by atoms with Gasteiger partial charge in [-0.2, -0.15) is 35.4 Å². The number of ether oxygens (including phenoxy) is 5. The van der Waals surface area contributed by atoms with Crippen molar-refractivity contribution in [3.8, 4) is 11.5 Å². The van der Waals surface area contributed by atoms with E-state index in [0.29, 0.717) is 13.2 Å². The summed E-state index contributed by atoms with van der Waals surface area (Å²) in [6.45, 7) is 1.02. The van der Waals surface area contributed by atoms with Crippen molar-refractivity contribution >= 4 is 11.9 Å². The number of aryl methyl sites for hydroxylation is 2. The van der Waals surface area contributed by atoms with Crippen molar-refractivity contribution in [2.45, 2.75) is 44.1 Å². The Labute approximate surface area is 306 Å². The van der Waals surface area contributed by atoms with Crippen molar-refractivity contribution in [3.63, 3.8) is 0 Å². The van der Waals surface area contributed by atoms with Crippen LogP contribution < -0.4 is 9.47 Å². The molecule has 0 aliphatic rings. The molecule has 0 bridgehead atoms. The van der Waals surface area contributed by atoms with Crippen molar-refractivity contribution < 1.29 is 50.3 Å². The molecule has 8 heteroatoms. The first kappa shape index (κ1) is 39.8. The topological polar surface area (TPSA) is 80.3 Å². The second kappa shape index (κ2) is 21.5. The van der Waals surface area contributed by atoms with Crippen molar-refractivity contribution in [1.29, 1.82) is 0 Å². The molecule has 0 spiro atoms. The van der Waals surface area contributed by atoms with Gasteiger partial charge in [0.1, 0.15) is 17.1 Å². The third-order valence-electron chi connectivity index (χ3n) is 8.20. The van der Waals surface area contributed by atoms with Gasteiger partial charge in [-0.3, -0.25) is 9.59 Å². The molecular weight excluding hydrogens is 672 g/mol. The largest absolute Gasteiger partial charge is 2.00 e. The number of benzene rings is 3. The first-order valence-electron chi connectivity index (χ1n) is 16.6. The molecule has 0 aromatic heterocycles. The molecule has 0 aliphatic heterocycles. The van der Waals surface area contributed by atoms with Crippen molar-refractivity contribution in [2.75, 3.05) is 34.5 Å². The van der Waals surface area contributed by atoms with Gasteiger partial charge in [0.05, 0.1) is 40.8 Å². The van der Waals surface area contributed by atoms with Crippen molar-refractivity contribution in [2.24, 2.45) is 0 Å². The fourth-order valence-corrected chi connectivity index (χ4v) is 5.58. The van der Waals surface area contributed by atoms with E-state index in [4.69, 9.17) is 18.9 Å². The first-order valence-corrected chi connectivity index (χ1v) is 16.6. The average Bonchev–Trinajstić information content (AvgIpc) is 3.89. The third kappa shape index (κ3) is 11.8. The van der Waals surface area contributed by atoms with E-state index in [2.05, 4.69) is 77.5 Å². The summed E-state index contributed by atoms with van der Waals surface area (Å²) in [6, 6.07) is 43.3. The van der Waals surface area contributed by atoms with Crippen LogP contribution in [0, 0.1) is 0 Å². The van der Waals surface area contributed by atoms with Crippen LogP contribution >= 0.6 is 0 Å². The van der Waals surface area contributed by atoms with E-state index in [-0.39, 0.29) is 35.9 Å². The Morgan fingerprint density at radius 1 is 0.580 bits per heavy atom. The summed E-state index contributed by atoms with van der Waals surface area (Å²) in [4.78, 5) is 22.0. The number of carbonyl (C=O) groups excluding carboxylic acids is 2. The summed E-state index contributed by atoms with van der Waals surface area (Å²) >= 11 is 0. The van der Waals surface area contributed by atoms with E-state index in [1.807, 2.05) is 54.6 Å². The van der Waals surface area contributed by atoms with E-state index in [9.17, 15) is 9.59 Å². The van der Waals surface area contributed by atoms with Crippen LogP contribution in [-0.4, -0.2) is 46.5 Å². The minimum atomic E-state index is -0.744. The van der Waals surface area contributed by atoms with Crippen LogP contribution in [0.4, 0.5) is 0 Å². The summed E-state index contributed by atoms with van der Waals surface area (Å²) in [7, 11) is 4.67. The first-order chi connectivity index (χ1) is 24.0. The summed E-state index contributed by atoms with van der Waals surface area (Å²) in [5, 5.41) is 0. The van der Waals surface area contributed by atoms with Crippen LogP contribution in [0.5, 0.6) is 11.5 Å². The SMILES string of the molecule is COC(=O)CCC(=O)OCCCc1ccc[cH-]1.COc1ccc(C(OCCCc2ccc[cH-]2)(c2ccccc2)c2ccc(OC)cc2)cc1.[Fe+2]. The molecule has 0 aliphatic carbocycles. The monoisotopic (exact) mass is 718 g/mol. The molecule has 0 atom stereocenters. The summed E-state index contributed by atoms with van der Waals surface area (Å²) in [6.07, 6.45) is 3.79. The molecule has 0 N–H and O–H groups in total. The number of esters is 2. The molecule has 0 saturated heterocycles. The van der Waals surface area contributed by atoms with Gasteiger partial charge in [-0.15, -0.1) is 0 Å². The maximum absolute atomic E-state index is 11.2. The molecule has 0 unspecified atom stereocenters. The molecule has 5 rings (SSSR count). The Hall–Kier alpha value is -4.62. The second-order valence-electron chi connectivity index (χ2n) is 11.4. The Balaban J connectivity index is 0.000000320. The van der Waals surface area contributed by atoms with Crippen LogP contribution in [-0.2, 0) is 59.3 Å². The van der Waals surface area contributed by atoms with Crippen LogP contribution in [0.15, 0.2) is 127 Å². The molecule has 5 aromatic carbocycles. The number of methoxy groups -OCH3 is 3. The molecule has 50 heavy (non-hydrogen) atoms. The van der Waals surface area contributed by atoms with Crippen molar-refractivity contribution in [3.05, 3.63) is 155 Å². The van der Waals surface area contributed by atoms with E-state index >= 15 is 0 Å². The molecule has 0 amide bonds. The van der Waals surface area contributed by atoms with E-state index < -0.39 is 11.6 Å². The zero-order valence-electron chi connectivity index (χ0n) is 29.0. The predicted molar refractivity (Wildman–Crippen MR) is 191 cm³/mol. The normalized spacial score (nSPS) is 10.6. The van der Waals surface area contributed by atoms with Gasteiger partial charge in [-0.25, -0.2) is 24.3 Å². The van der Waals surface area contributed by atoms with Crippen LogP contribution in [0.25, 0.3) is 0 Å². The van der Waals surface area contributed by atoms with Gasteiger partial charge in [-0.05, 0) is 66.6 Å². The quantitative estimate of drug-likeness (QED) is 0.0316. The Morgan fingerprint density at radius 3 is 1.52 bits per heavy atom. The van der Waals surface area contributed by atoms with Gasteiger partial charge < -0.3 is 23.7 Å². The van der Waals surface area contributed by atoms with E-state index in [1.165, 1.54) is 18.2 Å². The fourth-order valence-electron chi connectivity index (χ4n) is 5.58. The summed E-state index contributed by atoms with van der Waals surface area (Å²) < 4.78 is 27.1. The predicted octanol–water partition coefficient (Wildman–Crippen LogP) is 8.20. The second-order valence-corrected chi connectivity index (χ2v) is 11.4. The molecular formula is C42H46FeO7. The fraction of sp³-hybridized carbons (Fsp3) is 0.286. The van der Waals surface area contributed by atoms with Gasteiger partial charge in [0, 0.05) is 6.61 Å². The van der Waals surface area contributed by atoms with Gasteiger partial charge in [-0.1, -0.05) is 54.6 Å². The molecule has 5 aromatic rings. The van der Waals surface area contributed by atoms with Gasteiger partial charge in [0.15, 0.2) is 0 Å². The third-order valence-corrected chi connectivity index (χ3v) is 8.20. The Morgan fingerprint density at radius 2 is 1.06 bits per heavy atom. The van der Waals surface area contributed by atoms with Gasteiger partial charge in [0.2, 0.25) is 0 Å². The number of carbonyl (C=O) groups is 2. The van der Waals surface area contributed by atoms with Crippen LogP contribution in [0.1, 0.15) is 53.5 Å².